The highest BCUT2D eigenvalue weighted by Crippen LogP contribution is 2.25. The molecule has 4 heterocycles. The summed E-state index contributed by atoms with van der Waals surface area (Å²) >= 11 is 0. The Morgan fingerprint density at radius 2 is 1.86 bits per heavy atom. The van der Waals surface area contributed by atoms with Crippen LogP contribution in [-0.4, -0.2) is 92.8 Å². The number of hydrogen-bond donors (Lipinski definition) is 1. The number of aryl methyl sites for hydroxylation is 1. The lowest BCUT2D eigenvalue weighted by Crippen LogP contribution is -2.40. The maximum absolute atomic E-state index is 13.7. The number of hydrogen-bond acceptors (Lipinski definition) is 5. The number of aromatic amines is 1. The molecular weight excluding hydrogens is 532 g/mol. The van der Waals surface area contributed by atoms with Crippen molar-refractivity contribution in [1.29, 1.82) is 0 Å². The van der Waals surface area contributed by atoms with Gasteiger partial charge in [-0.25, -0.2) is 4.98 Å². The van der Waals surface area contributed by atoms with Crippen molar-refractivity contribution < 1.29 is 19.1 Å². The standard InChI is InChI=1S/C32H42N6O4/c1-24(2)22-38-23-27(20-29(38)39)32(41)36-12-3-4-13-37(31(40)26-9-10-33-21-26)17-18-42-28-8-5-7-25(19-28)30-34-11-16-35(30)14-6-15-36/h5,7-11,16,19,21,24,27,33H,3-4,6,12-15,17-18,20,22-23H2,1-2H3. The number of rotatable bonds is 4. The number of fused-ring (bicyclic) bond motifs is 4. The molecule has 2 aliphatic rings. The Bertz CT molecular complexity index is 1350. The SMILES string of the molecule is CC(C)CN1CC(C(=O)N2CCCCN(C(=O)c3cc[nH]c3)CCOc3cccc(c3)-c3nccn3CCC2)CC1=O. The second-order valence-corrected chi connectivity index (χ2v) is 11.7. The van der Waals surface area contributed by atoms with Gasteiger partial charge in [-0.3, -0.25) is 14.4 Å². The molecule has 224 valence electrons. The van der Waals surface area contributed by atoms with Crippen LogP contribution in [0.5, 0.6) is 5.75 Å². The Morgan fingerprint density at radius 1 is 1.05 bits per heavy atom. The second-order valence-electron chi connectivity index (χ2n) is 11.7. The molecule has 2 bridgehead atoms. The maximum Gasteiger partial charge on any atom is 0.255 e. The molecule has 1 unspecified atom stereocenters. The molecule has 1 atom stereocenters. The number of benzene rings is 1. The van der Waals surface area contributed by atoms with Crippen LogP contribution >= 0.6 is 0 Å². The fraction of sp³-hybridized carbons (Fsp3) is 0.500. The molecule has 0 spiro atoms. The van der Waals surface area contributed by atoms with Gasteiger partial charge in [0.15, 0.2) is 0 Å². The van der Waals surface area contributed by atoms with E-state index >= 15 is 0 Å². The van der Waals surface area contributed by atoms with Gasteiger partial charge in [0.1, 0.15) is 18.2 Å². The molecule has 10 heteroatoms. The van der Waals surface area contributed by atoms with Crippen LogP contribution in [0.3, 0.4) is 0 Å². The van der Waals surface area contributed by atoms with E-state index in [9.17, 15) is 14.4 Å². The van der Waals surface area contributed by atoms with Gasteiger partial charge in [0, 0.05) is 76.0 Å². The number of aromatic nitrogens is 3. The molecule has 3 amide bonds. The highest BCUT2D eigenvalue weighted by atomic mass is 16.5. The minimum atomic E-state index is -0.305. The number of nitrogens with one attached hydrogen (secondary N) is 1. The molecule has 1 N–H and O–H groups in total. The molecule has 5 rings (SSSR count). The first-order valence-electron chi connectivity index (χ1n) is 15.1. The number of H-pyrrole nitrogens is 1. The van der Waals surface area contributed by atoms with E-state index < -0.39 is 0 Å². The third-order valence-corrected chi connectivity index (χ3v) is 7.96. The highest BCUT2D eigenvalue weighted by molar-refractivity contribution is 5.94. The van der Waals surface area contributed by atoms with E-state index in [1.807, 2.05) is 45.2 Å². The molecule has 10 nitrogen and oxygen atoms in total. The van der Waals surface area contributed by atoms with E-state index in [0.29, 0.717) is 63.9 Å². The zero-order chi connectivity index (χ0) is 29.5. The number of nitrogens with zero attached hydrogens (tertiary/aromatic N) is 5. The highest BCUT2D eigenvalue weighted by Gasteiger charge is 2.36. The summed E-state index contributed by atoms with van der Waals surface area (Å²) in [5, 5.41) is 0. The fourth-order valence-corrected chi connectivity index (χ4v) is 5.89. The van der Waals surface area contributed by atoms with E-state index in [4.69, 9.17) is 4.74 Å². The molecule has 3 aromatic rings. The number of carbonyl (C=O) groups excluding carboxylic acids is 3. The van der Waals surface area contributed by atoms with Crippen molar-refractivity contribution in [2.75, 3.05) is 45.9 Å². The van der Waals surface area contributed by atoms with Crippen molar-refractivity contribution in [2.45, 2.75) is 46.1 Å². The van der Waals surface area contributed by atoms with E-state index in [2.05, 4.69) is 28.4 Å². The molecule has 1 saturated heterocycles. The predicted molar refractivity (Wildman–Crippen MR) is 160 cm³/mol. The van der Waals surface area contributed by atoms with Gasteiger partial charge in [0.05, 0.1) is 18.0 Å². The number of imidazole rings is 1. The average Bonchev–Trinajstić information content (AvgIpc) is 3.74. The minimum absolute atomic E-state index is 0.0452. The fourth-order valence-electron chi connectivity index (χ4n) is 5.89. The lowest BCUT2D eigenvalue weighted by Gasteiger charge is -2.27. The topological polar surface area (TPSA) is 104 Å². The average molecular weight is 575 g/mol. The van der Waals surface area contributed by atoms with Crippen LogP contribution < -0.4 is 4.74 Å². The summed E-state index contributed by atoms with van der Waals surface area (Å²) in [7, 11) is 0. The first-order chi connectivity index (χ1) is 20.4. The van der Waals surface area contributed by atoms with Gasteiger partial charge in [-0.15, -0.1) is 0 Å². The molecule has 1 aromatic carbocycles. The van der Waals surface area contributed by atoms with Crippen molar-refractivity contribution in [2.24, 2.45) is 11.8 Å². The Kier molecular flexibility index (Phi) is 9.61. The van der Waals surface area contributed by atoms with Gasteiger partial charge < -0.3 is 29.0 Å². The lowest BCUT2D eigenvalue weighted by atomic mass is 10.1. The Balaban J connectivity index is 1.34. The maximum atomic E-state index is 13.7. The minimum Gasteiger partial charge on any atom is -0.492 e. The third-order valence-electron chi connectivity index (χ3n) is 7.96. The first-order valence-corrected chi connectivity index (χ1v) is 15.1. The Labute approximate surface area is 247 Å². The van der Waals surface area contributed by atoms with E-state index in [1.165, 1.54) is 0 Å². The van der Waals surface area contributed by atoms with Crippen LogP contribution in [0.25, 0.3) is 11.4 Å². The molecule has 0 saturated carbocycles. The van der Waals surface area contributed by atoms with Crippen molar-refractivity contribution in [3.63, 3.8) is 0 Å². The van der Waals surface area contributed by atoms with Crippen LogP contribution in [0.15, 0.2) is 55.1 Å². The second kappa shape index (κ2) is 13.7. The van der Waals surface area contributed by atoms with Gasteiger partial charge >= 0.3 is 0 Å². The normalized spacial score (nSPS) is 19.0. The van der Waals surface area contributed by atoms with E-state index in [1.54, 1.807) is 24.7 Å². The smallest absolute Gasteiger partial charge is 0.255 e. The predicted octanol–water partition coefficient (Wildman–Crippen LogP) is 3.92. The molecule has 0 aliphatic carbocycles. The van der Waals surface area contributed by atoms with Crippen LogP contribution in [0.2, 0.25) is 0 Å². The zero-order valence-electron chi connectivity index (χ0n) is 24.7. The van der Waals surface area contributed by atoms with Crippen molar-refractivity contribution in [1.82, 2.24) is 29.2 Å². The zero-order valence-corrected chi connectivity index (χ0v) is 24.7. The monoisotopic (exact) mass is 574 g/mol. The first kappa shape index (κ1) is 29.4. The summed E-state index contributed by atoms with van der Waals surface area (Å²) in [4.78, 5) is 52.8. The summed E-state index contributed by atoms with van der Waals surface area (Å²) in [5.74, 6) is 1.71. The molecule has 0 radical (unpaired) electrons. The summed E-state index contributed by atoms with van der Waals surface area (Å²) in [6.07, 6.45) is 9.78. The Morgan fingerprint density at radius 3 is 2.64 bits per heavy atom. The molecule has 2 aliphatic heterocycles. The number of likely N-dealkylation sites (tertiary alicyclic amines) is 1. The van der Waals surface area contributed by atoms with E-state index in [-0.39, 0.29) is 30.1 Å². The number of amides is 3. The molecule has 42 heavy (non-hydrogen) atoms. The van der Waals surface area contributed by atoms with Crippen LogP contribution in [0.4, 0.5) is 0 Å². The van der Waals surface area contributed by atoms with Crippen molar-refractivity contribution in [3.8, 4) is 17.1 Å². The van der Waals surface area contributed by atoms with Crippen molar-refractivity contribution >= 4 is 17.7 Å². The van der Waals surface area contributed by atoms with Crippen molar-refractivity contribution in [3.05, 3.63) is 60.7 Å². The summed E-state index contributed by atoms with van der Waals surface area (Å²) < 4.78 is 8.20. The summed E-state index contributed by atoms with van der Waals surface area (Å²) in [6, 6.07) is 9.64. The molecule has 2 aromatic heterocycles. The van der Waals surface area contributed by atoms with Gasteiger partial charge in [0.2, 0.25) is 11.8 Å². The quantitative estimate of drug-likeness (QED) is 0.509. The lowest BCUT2D eigenvalue weighted by molar-refractivity contribution is -0.136. The summed E-state index contributed by atoms with van der Waals surface area (Å²) in [5.41, 5.74) is 1.56. The molecule has 1 fully saturated rings. The van der Waals surface area contributed by atoms with Gasteiger partial charge in [-0.05, 0) is 43.4 Å². The van der Waals surface area contributed by atoms with Gasteiger partial charge in [-0.1, -0.05) is 26.0 Å². The van der Waals surface area contributed by atoms with Crippen LogP contribution in [0, 0.1) is 11.8 Å². The Hall–Kier alpha value is -4.08. The van der Waals surface area contributed by atoms with Crippen LogP contribution in [-0.2, 0) is 16.1 Å². The van der Waals surface area contributed by atoms with E-state index in [0.717, 1.165) is 36.4 Å². The van der Waals surface area contributed by atoms with Gasteiger partial charge in [-0.2, -0.15) is 0 Å². The van der Waals surface area contributed by atoms with Crippen LogP contribution in [0.1, 0.15) is 49.9 Å². The number of ether oxygens (including phenoxy) is 1. The third kappa shape index (κ3) is 7.21. The molecular formula is C32H42N6O4. The number of carbonyl (C=O) groups is 3. The largest absolute Gasteiger partial charge is 0.492 e. The van der Waals surface area contributed by atoms with Gasteiger partial charge in [0.25, 0.3) is 5.91 Å². The summed E-state index contributed by atoms with van der Waals surface area (Å²) in [6.45, 7) is 8.63.